The molecule has 0 unspecified atom stereocenters. The van der Waals surface area contributed by atoms with Crippen LogP contribution < -0.4 is 10.7 Å². The van der Waals surface area contributed by atoms with Crippen molar-refractivity contribution in [1.82, 2.24) is 20.2 Å². The van der Waals surface area contributed by atoms with E-state index in [9.17, 15) is 9.90 Å². The summed E-state index contributed by atoms with van der Waals surface area (Å²) >= 11 is 13.8. The molecule has 0 atom stereocenters. The lowest BCUT2D eigenvalue weighted by molar-refractivity contribution is -0.118. The number of nitrogens with zero attached hydrogens (tertiary/aromatic N) is 4. The molecule has 0 saturated heterocycles. The van der Waals surface area contributed by atoms with E-state index < -0.39 is 0 Å². The number of rotatable bonds is 10. The standard InChI is InChI=1S/C21H19Br2ClN6O2S/c1-2-7-30-18(11-25-16-5-3-15(24)4-6-16)27-29-21(30)33-12-19(31)28-26-10-13-8-14(22)9-17(23)20(13)32/h2-6,8-10,25,32H,1,7,11-12H2,(H,28,31)/b26-10+. The van der Waals surface area contributed by atoms with E-state index in [0.29, 0.717) is 39.1 Å². The largest absolute Gasteiger partial charge is 0.506 e. The summed E-state index contributed by atoms with van der Waals surface area (Å²) in [6.07, 6.45) is 3.11. The molecule has 0 radical (unpaired) electrons. The fourth-order valence-electron chi connectivity index (χ4n) is 2.64. The molecular formula is C21H19Br2ClN6O2S. The van der Waals surface area contributed by atoms with Crippen LogP contribution in [0.2, 0.25) is 5.02 Å². The number of thioether (sulfide) groups is 1. The van der Waals surface area contributed by atoms with E-state index in [1.807, 2.05) is 16.7 Å². The first-order valence-electron chi connectivity index (χ1n) is 9.52. The van der Waals surface area contributed by atoms with Crippen LogP contribution in [0.25, 0.3) is 0 Å². The van der Waals surface area contributed by atoms with Gasteiger partial charge in [0.15, 0.2) is 11.0 Å². The highest BCUT2D eigenvalue weighted by atomic mass is 79.9. The fourth-order valence-corrected chi connectivity index (χ4v) is 4.78. The van der Waals surface area contributed by atoms with E-state index in [-0.39, 0.29) is 17.4 Å². The van der Waals surface area contributed by atoms with Crippen molar-refractivity contribution in [3.8, 4) is 5.75 Å². The van der Waals surface area contributed by atoms with Crippen molar-refractivity contribution in [2.24, 2.45) is 5.10 Å². The van der Waals surface area contributed by atoms with Crippen LogP contribution in [-0.2, 0) is 17.9 Å². The number of carbonyl (C=O) groups is 1. The summed E-state index contributed by atoms with van der Waals surface area (Å²) in [7, 11) is 0. The van der Waals surface area contributed by atoms with Crippen molar-refractivity contribution >= 4 is 73.0 Å². The zero-order chi connectivity index (χ0) is 23.8. The molecule has 12 heteroatoms. The summed E-state index contributed by atoms with van der Waals surface area (Å²) < 4.78 is 3.16. The maximum atomic E-state index is 12.2. The number of aromatic nitrogens is 3. The average molecular weight is 615 g/mol. The van der Waals surface area contributed by atoms with Gasteiger partial charge in [-0.3, -0.25) is 4.79 Å². The van der Waals surface area contributed by atoms with Gasteiger partial charge in [-0.1, -0.05) is 45.4 Å². The van der Waals surface area contributed by atoms with Crippen LogP contribution in [0.1, 0.15) is 11.4 Å². The Morgan fingerprint density at radius 2 is 2.03 bits per heavy atom. The zero-order valence-corrected chi connectivity index (χ0v) is 21.9. The molecule has 0 aliphatic heterocycles. The molecule has 33 heavy (non-hydrogen) atoms. The number of phenolic OH excluding ortho intramolecular Hbond substituents is 1. The zero-order valence-electron chi connectivity index (χ0n) is 17.1. The number of nitrogens with one attached hydrogen (secondary N) is 2. The third-order valence-corrected chi connectivity index (χ3v) is 6.46. The molecule has 0 spiro atoms. The first kappa shape index (κ1) is 25.3. The van der Waals surface area contributed by atoms with Gasteiger partial charge in [0.1, 0.15) is 5.75 Å². The van der Waals surface area contributed by atoms with Crippen LogP contribution in [0.3, 0.4) is 0 Å². The maximum Gasteiger partial charge on any atom is 0.250 e. The molecule has 0 saturated carbocycles. The molecule has 3 rings (SSSR count). The lowest BCUT2D eigenvalue weighted by atomic mass is 10.2. The normalized spacial score (nSPS) is 11.0. The summed E-state index contributed by atoms with van der Waals surface area (Å²) in [5.41, 5.74) is 3.80. The second-order valence-electron chi connectivity index (χ2n) is 6.57. The van der Waals surface area contributed by atoms with Gasteiger partial charge in [-0.25, -0.2) is 5.43 Å². The molecule has 1 heterocycles. The van der Waals surface area contributed by atoms with Gasteiger partial charge in [-0.2, -0.15) is 5.10 Å². The monoisotopic (exact) mass is 612 g/mol. The minimum Gasteiger partial charge on any atom is -0.506 e. The van der Waals surface area contributed by atoms with Crippen LogP contribution in [0.5, 0.6) is 5.75 Å². The highest BCUT2D eigenvalue weighted by Crippen LogP contribution is 2.30. The van der Waals surface area contributed by atoms with Crippen molar-refractivity contribution in [2.75, 3.05) is 11.1 Å². The summed E-state index contributed by atoms with van der Waals surface area (Å²) in [6.45, 7) is 4.74. The lowest BCUT2D eigenvalue weighted by Crippen LogP contribution is -2.20. The summed E-state index contributed by atoms with van der Waals surface area (Å²) in [6, 6.07) is 10.8. The number of allylic oxidation sites excluding steroid dienone is 1. The molecule has 0 fully saturated rings. The van der Waals surface area contributed by atoms with E-state index in [1.54, 1.807) is 30.3 Å². The van der Waals surface area contributed by atoms with Gasteiger partial charge in [-0.05, 0) is 52.3 Å². The van der Waals surface area contributed by atoms with Crippen molar-refractivity contribution in [3.63, 3.8) is 0 Å². The van der Waals surface area contributed by atoms with Gasteiger partial charge in [0, 0.05) is 27.3 Å². The van der Waals surface area contributed by atoms with E-state index >= 15 is 0 Å². The second kappa shape index (κ2) is 12.2. The molecule has 1 aromatic heterocycles. The van der Waals surface area contributed by atoms with Crippen LogP contribution in [0, 0.1) is 0 Å². The van der Waals surface area contributed by atoms with Gasteiger partial charge in [0.25, 0.3) is 5.91 Å². The highest BCUT2D eigenvalue weighted by molar-refractivity contribution is 9.11. The van der Waals surface area contributed by atoms with Gasteiger partial charge in [0.2, 0.25) is 0 Å². The summed E-state index contributed by atoms with van der Waals surface area (Å²) in [5.74, 6) is 0.508. The summed E-state index contributed by atoms with van der Waals surface area (Å²) in [4.78, 5) is 12.2. The number of aromatic hydroxyl groups is 1. The first-order chi connectivity index (χ1) is 15.9. The van der Waals surface area contributed by atoms with E-state index in [2.05, 4.69) is 64.5 Å². The number of halogens is 3. The van der Waals surface area contributed by atoms with Crippen molar-refractivity contribution in [2.45, 2.75) is 18.2 Å². The molecule has 8 nitrogen and oxygen atoms in total. The Morgan fingerprint density at radius 1 is 1.27 bits per heavy atom. The molecule has 0 aliphatic rings. The van der Waals surface area contributed by atoms with Gasteiger partial charge >= 0.3 is 0 Å². The Bertz CT molecular complexity index is 1170. The van der Waals surface area contributed by atoms with Gasteiger partial charge in [-0.15, -0.1) is 16.8 Å². The predicted molar refractivity (Wildman–Crippen MR) is 139 cm³/mol. The first-order valence-corrected chi connectivity index (χ1v) is 12.5. The lowest BCUT2D eigenvalue weighted by Gasteiger charge is -2.09. The van der Waals surface area contributed by atoms with Crippen molar-refractivity contribution in [1.29, 1.82) is 0 Å². The molecule has 172 valence electrons. The van der Waals surface area contributed by atoms with E-state index in [0.717, 1.165) is 10.2 Å². The molecular weight excluding hydrogens is 596 g/mol. The number of anilines is 1. The molecule has 0 aliphatic carbocycles. The molecule has 2 aromatic carbocycles. The number of carbonyl (C=O) groups excluding carboxylic acids is 1. The Balaban J connectivity index is 1.57. The second-order valence-corrected chi connectivity index (χ2v) is 9.71. The number of hydrogen-bond donors (Lipinski definition) is 3. The number of hydrogen-bond acceptors (Lipinski definition) is 7. The number of amides is 1. The van der Waals surface area contributed by atoms with Crippen LogP contribution in [0.15, 0.2) is 68.3 Å². The third-order valence-electron chi connectivity index (χ3n) is 4.18. The maximum absolute atomic E-state index is 12.2. The minimum absolute atomic E-state index is 0.0304. The van der Waals surface area contributed by atoms with E-state index in [4.69, 9.17) is 11.6 Å². The molecule has 1 amide bonds. The van der Waals surface area contributed by atoms with Crippen LogP contribution >= 0.6 is 55.2 Å². The Hall–Kier alpha value is -2.34. The van der Waals surface area contributed by atoms with Gasteiger partial charge < -0.3 is 15.0 Å². The van der Waals surface area contributed by atoms with Crippen molar-refractivity contribution < 1.29 is 9.90 Å². The Kier molecular flexibility index (Phi) is 9.36. The SMILES string of the molecule is C=CCn1c(CNc2ccc(Cl)cc2)nnc1SCC(=O)N/N=C/c1cc(Br)cc(Br)c1O. The topological polar surface area (TPSA) is 104 Å². The molecule has 0 bridgehead atoms. The number of benzene rings is 2. The molecule has 3 aromatic rings. The minimum atomic E-state index is -0.321. The fraction of sp³-hybridized carbons (Fsp3) is 0.143. The third kappa shape index (κ3) is 7.32. The Morgan fingerprint density at radius 3 is 2.76 bits per heavy atom. The van der Waals surface area contributed by atoms with Crippen molar-refractivity contribution in [3.05, 3.63) is 74.4 Å². The smallest absolute Gasteiger partial charge is 0.250 e. The number of hydrazone groups is 1. The average Bonchev–Trinajstić information content (AvgIpc) is 3.17. The molecule has 3 N–H and O–H groups in total. The highest BCUT2D eigenvalue weighted by Gasteiger charge is 2.13. The Labute approximate surface area is 216 Å². The van der Waals surface area contributed by atoms with Gasteiger partial charge in [0.05, 0.1) is 23.0 Å². The quantitative estimate of drug-likeness (QED) is 0.126. The summed E-state index contributed by atoms with van der Waals surface area (Å²) in [5, 5.41) is 26.9. The predicted octanol–water partition coefficient (Wildman–Crippen LogP) is 5.20. The number of phenols is 1. The van der Waals surface area contributed by atoms with E-state index in [1.165, 1.54) is 18.0 Å². The van der Waals surface area contributed by atoms with Crippen LogP contribution in [-0.4, -0.2) is 37.7 Å². The van der Waals surface area contributed by atoms with Crippen LogP contribution in [0.4, 0.5) is 5.69 Å².